The Bertz CT molecular complexity index is 1130. The Kier molecular flexibility index (Phi) is 3.64. The van der Waals surface area contributed by atoms with Crippen LogP contribution >= 0.6 is 15.9 Å². The largest absolute Gasteiger partial charge is 0.360 e. The highest BCUT2D eigenvalue weighted by Gasteiger charge is 2.11. The molecular weight excluding hydrogens is 362 g/mol. The second-order valence-electron chi connectivity index (χ2n) is 5.48. The van der Waals surface area contributed by atoms with E-state index in [1.807, 2.05) is 60.9 Å². The number of aromatic amines is 1. The number of rotatable bonds is 2. The van der Waals surface area contributed by atoms with Crippen LogP contribution in [0.1, 0.15) is 11.1 Å². The molecule has 1 N–H and O–H groups in total. The zero-order valence-electron chi connectivity index (χ0n) is 12.6. The number of para-hydroxylation sites is 1. The molecule has 0 spiro atoms. The number of hydrogen-bond acceptors (Lipinski definition) is 2. The summed E-state index contributed by atoms with van der Waals surface area (Å²) in [6.45, 7) is 0. The van der Waals surface area contributed by atoms with Gasteiger partial charge in [0, 0.05) is 39.4 Å². The number of halogens is 1. The smallest absolute Gasteiger partial charge is 0.0998 e. The fourth-order valence-electron chi connectivity index (χ4n) is 2.94. The summed E-state index contributed by atoms with van der Waals surface area (Å²) in [6, 6.07) is 16.3. The van der Waals surface area contributed by atoms with Gasteiger partial charge >= 0.3 is 0 Å². The van der Waals surface area contributed by atoms with E-state index in [0.717, 1.165) is 37.3 Å². The minimum Gasteiger partial charge on any atom is -0.360 e. The SMILES string of the molecule is N#CC(=Cc1cccc2cnccc12)c1c[nH]c2c(Br)cccc12. The predicted octanol–water partition coefficient (Wildman–Crippen LogP) is 5.54. The van der Waals surface area contributed by atoms with Gasteiger partial charge in [0.25, 0.3) is 0 Å². The summed E-state index contributed by atoms with van der Waals surface area (Å²) < 4.78 is 0.986. The highest BCUT2D eigenvalue weighted by Crippen LogP contribution is 2.31. The molecule has 0 saturated heterocycles. The van der Waals surface area contributed by atoms with E-state index in [4.69, 9.17) is 0 Å². The van der Waals surface area contributed by atoms with E-state index in [0.29, 0.717) is 5.57 Å². The quantitative estimate of drug-likeness (QED) is 0.468. The lowest BCUT2D eigenvalue weighted by Crippen LogP contribution is -1.83. The lowest BCUT2D eigenvalue weighted by Gasteiger charge is -2.03. The molecule has 2 aromatic heterocycles. The van der Waals surface area contributed by atoms with Gasteiger partial charge in [0.05, 0.1) is 17.2 Å². The molecule has 0 radical (unpaired) electrons. The summed E-state index contributed by atoms with van der Waals surface area (Å²) in [5.41, 5.74) is 3.54. The van der Waals surface area contributed by atoms with Crippen LogP contribution in [0.4, 0.5) is 0 Å². The lowest BCUT2D eigenvalue weighted by molar-refractivity contribution is 1.36. The monoisotopic (exact) mass is 373 g/mol. The van der Waals surface area contributed by atoms with E-state index < -0.39 is 0 Å². The van der Waals surface area contributed by atoms with Gasteiger partial charge in [-0.1, -0.05) is 30.3 Å². The van der Waals surface area contributed by atoms with Crippen LogP contribution in [0, 0.1) is 11.3 Å². The first-order valence-electron chi connectivity index (χ1n) is 7.48. The molecule has 4 aromatic rings. The molecule has 0 aliphatic rings. The van der Waals surface area contributed by atoms with E-state index in [9.17, 15) is 5.26 Å². The lowest BCUT2D eigenvalue weighted by atomic mass is 10.00. The first kappa shape index (κ1) is 14.7. The van der Waals surface area contributed by atoms with Gasteiger partial charge in [0.15, 0.2) is 0 Å². The molecule has 0 aliphatic carbocycles. The van der Waals surface area contributed by atoms with Gasteiger partial charge in [-0.25, -0.2) is 0 Å². The topological polar surface area (TPSA) is 52.5 Å². The third kappa shape index (κ3) is 2.40. The van der Waals surface area contributed by atoms with Gasteiger partial charge in [-0.15, -0.1) is 0 Å². The number of benzene rings is 2. The molecule has 0 amide bonds. The van der Waals surface area contributed by atoms with E-state index in [1.54, 1.807) is 6.20 Å². The van der Waals surface area contributed by atoms with Gasteiger partial charge in [-0.3, -0.25) is 4.98 Å². The Morgan fingerprint density at radius 1 is 1.12 bits per heavy atom. The van der Waals surface area contributed by atoms with Crippen molar-refractivity contribution in [3.8, 4) is 6.07 Å². The summed E-state index contributed by atoms with van der Waals surface area (Å²) in [7, 11) is 0. The normalized spacial score (nSPS) is 11.8. The third-order valence-corrected chi connectivity index (χ3v) is 4.75. The maximum Gasteiger partial charge on any atom is 0.0998 e. The fourth-order valence-corrected chi connectivity index (χ4v) is 3.42. The number of nitriles is 1. The Morgan fingerprint density at radius 3 is 2.88 bits per heavy atom. The van der Waals surface area contributed by atoms with E-state index >= 15 is 0 Å². The average Bonchev–Trinajstić information content (AvgIpc) is 3.05. The summed E-state index contributed by atoms with van der Waals surface area (Å²) >= 11 is 3.54. The third-order valence-electron chi connectivity index (χ3n) is 4.09. The number of nitrogens with zero attached hydrogens (tertiary/aromatic N) is 2. The number of hydrogen-bond donors (Lipinski definition) is 1. The minimum absolute atomic E-state index is 0.628. The first-order chi connectivity index (χ1) is 11.8. The Hall–Kier alpha value is -2.90. The molecule has 2 aromatic carbocycles. The number of aromatic nitrogens is 2. The fraction of sp³-hybridized carbons (Fsp3) is 0. The van der Waals surface area contributed by atoms with Crippen LogP contribution in [-0.2, 0) is 0 Å². The molecule has 3 nitrogen and oxygen atoms in total. The Balaban J connectivity index is 1.93. The van der Waals surface area contributed by atoms with Crippen LogP contribution in [0.2, 0.25) is 0 Å². The van der Waals surface area contributed by atoms with Crippen molar-refractivity contribution in [3.05, 3.63) is 76.7 Å². The van der Waals surface area contributed by atoms with Gasteiger partial charge in [0.1, 0.15) is 0 Å². The van der Waals surface area contributed by atoms with E-state index in [-0.39, 0.29) is 0 Å². The zero-order valence-corrected chi connectivity index (χ0v) is 14.2. The summed E-state index contributed by atoms with van der Waals surface area (Å²) in [4.78, 5) is 7.40. The van der Waals surface area contributed by atoms with Crippen molar-refractivity contribution in [2.45, 2.75) is 0 Å². The van der Waals surface area contributed by atoms with E-state index in [2.05, 4.69) is 32.0 Å². The van der Waals surface area contributed by atoms with Crippen LogP contribution in [0.25, 0.3) is 33.3 Å². The van der Waals surface area contributed by atoms with Crippen molar-refractivity contribution in [1.82, 2.24) is 9.97 Å². The van der Waals surface area contributed by atoms with Crippen LogP contribution < -0.4 is 0 Å². The van der Waals surface area contributed by atoms with Crippen LogP contribution in [0.15, 0.2) is 65.5 Å². The highest BCUT2D eigenvalue weighted by molar-refractivity contribution is 9.10. The summed E-state index contributed by atoms with van der Waals surface area (Å²) in [5, 5.41) is 12.9. The van der Waals surface area contributed by atoms with Crippen molar-refractivity contribution < 1.29 is 0 Å². The molecule has 0 fully saturated rings. The molecule has 0 bridgehead atoms. The molecule has 0 unspecified atom stereocenters. The second kappa shape index (κ2) is 5.95. The Morgan fingerprint density at radius 2 is 2.00 bits per heavy atom. The van der Waals surface area contributed by atoms with Gasteiger partial charge < -0.3 is 4.98 Å². The average molecular weight is 374 g/mol. The summed E-state index contributed by atoms with van der Waals surface area (Å²) in [5.74, 6) is 0. The molecule has 0 atom stereocenters. The van der Waals surface area contributed by atoms with E-state index in [1.165, 1.54) is 0 Å². The van der Waals surface area contributed by atoms with Crippen molar-refractivity contribution in [2.75, 3.05) is 0 Å². The zero-order chi connectivity index (χ0) is 16.5. The summed E-state index contributed by atoms with van der Waals surface area (Å²) in [6.07, 6.45) is 7.43. The number of allylic oxidation sites excluding steroid dienone is 1. The molecule has 114 valence electrons. The van der Waals surface area contributed by atoms with Crippen LogP contribution in [0.3, 0.4) is 0 Å². The standard InChI is InChI=1S/C20H12BrN3/c21-19-6-2-5-17-18(12-24-20(17)19)15(10-22)9-13-3-1-4-14-11-23-8-7-16(13)14/h1-9,11-12,24H. The number of fused-ring (bicyclic) bond motifs is 2. The van der Waals surface area contributed by atoms with Gasteiger partial charge in [-0.05, 0) is 45.1 Å². The molecule has 4 rings (SSSR count). The first-order valence-corrected chi connectivity index (χ1v) is 8.28. The number of pyridine rings is 1. The molecule has 0 saturated carbocycles. The second-order valence-corrected chi connectivity index (χ2v) is 6.33. The maximum atomic E-state index is 9.70. The number of nitrogens with one attached hydrogen (secondary N) is 1. The predicted molar refractivity (Wildman–Crippen MR) is 101 cm³/mol. The highest BCUT2D eigenvalue weighted by atomic mass is 79.9. The maximum absolute atomic E-state index is 9.70. The van der Waals surface area contributed by atoms with Crippen LogP contribution in [-0.4, -0.2) is 9.97 Å². The molecule has 24 heavy (non-hydrogen) atoms. The van der Waals surface area contributed by atoms with Crippen molar-refractivity contribution in [1.29, 1.82) is 5.26 Å². The molecule has 0 aliphatic heterocycles. The van der Waals surface area contributed by atoms with Gasteiger partial charge in [0.2, 0.25) is 0 Å². The van der Waals surface area contributed by atoms with Crippen LogP contribution in [0.5, 0.6) is 0 Å². The van der Waals surface area contributed by atoms with Crippen molar-refractivity contribution in [3.63, 3.8) is 0 Å². The van der Waals surface area contributed by atoms with Crippen molar-refractivity contribution in [2.24, 2.45) is 0 Å². The minimum atomic E-state index is 0.628. The van der Waals surface area contributed by atoms with Crippen molar-refractivity contribution >= 4 is 49.3 Å². The Labute approximate surface area is 147 Å². The molecular formula is C20H12BrN3. The van der Waals surface area contributed by atoms with Gasteiger partial charge in [-0.2, -0.15) is 5.26 Å². The molecule has 4 heteroatoms. The molecule has 2 heterocycles. The number of H-pyrrole nitrogens is 1.